The molecule has 0 aromatic heterocycles. The highest BCUT2D eigenvalue weighted by Gasteiger charge is 2.01. The molecule has 0 heterocycles. The molecule has 0 aliphatic rings. The van der Waals surface area contributed by atoms with Crippen molar-refractivity contribution in [2.75, 3.05) is 5.32 Å². The number of carbonyl (C=O) groups is 1. The quantitative estimate of drug-likeness (QED) is 0.828. The highest BCUT2D eigenvalue weighted by molar-refractivity contribution is 6.33. The van der Waals surface area contributed by atoms with E-state index in [0.717, 1.165) is 5.56 Å². The average molecular weight is 258 g/mol. The van der Waals surface area contributed by atoms with Gasteiger partial charge in [0.25, 0.3) is 0 Å². The molecule has 0 aliphatic carbocycles. The maximum Gasteiger partial charge on any atom is 0.248 e. The number of rotatable bonds is 3. The number of hydrogen-bond donors (Lipinski definition) is 1. The minimum absolute atomic E-state index is 0.202. The summed E-state index contributed by atoms with van der Waals surface area (Å²) in [5.74, 6) is -0.202. The van der Waals surface area contributed by atoms with Crippen LogP contribution >= 0.6 is 11.6 Å². The first-order chi connectivity index (χ1) is 8.75. The fourth-order valence-corrected chi connectivity index (χ4v) is 1.66. The third kappa shape index (κ3) is 3.47. The number of nitrogens with one attached hydrogen (secondary N) is 1. The zero-order valence-electron chi connectivity index (χ0n) is 9.64. The van der Waals surface area contributed by atoms with Crippen LogP contribution in [0.5, 0.6) is 0 Å². The molecule has 1 N–H and O–H groups in total. The van der Waals surface area contributed by atoms with Crippen LogP contribution in [0.3, 0.4) is 0 Å². The Hall–Kier alpha value is -2.06. The van der Waals surface area contributed by atoms with Crippen molar-refractivity contribution in [3.63, 3.8) is 0 Å². The van der Waals surface area contributed by atoms with Gasteiger partial charge < -0.3 is 5.32 Å². The van der Waals surface area contributed by atoms with E-state index in [1.54, 1.807) is 18.2 Å². The van der Waals surface area contributed by atoms with Gasteiger partial charge in [0.1, 0.15) is 0 Å². The Morgan fingerprint density at radius 3 is 2.39 bits per heavy atom. The maximum absolute atomic E-state index is 11.7. The smallest absolute Gasteiger partial charge is 0.248 e. The van der Waals surface area contributed by atoms with Gasteiger partial charge in [0.05, 0.1) is 10.7 Å². The first-order valence-electron chi connectivity index (χ1n) is 5.54. The molecule has 1 amide bonds. The number of anilines is 1. The van der Waals surface area contributed by atoms with E-state index in [-0.39, 0.29) is 5.91 Å². The van der Waals surface area contributed by atoms with Gasteiger partial charge in [-0.2, -0.15) is 0 Å². The molecule has 0 bridgehead atoms. The lowest BCUT2D eigenvalue weighted by Gasteiger charge is -2.03. The second-order valence-electron chi connectivity index (χ2n) is 3.71. The number of para-hydroxylation sites is 1. The van der Waals surface area contributed by atoms with Crippen molar-refractivity contribution >= 4 is 29.3 Å². The van der Waals surface area contributed by atoms with Crippen LogP contribution in [-0.2, 0) is 4.79 Å². The Labute approximate surface area is 111 Å². The molecule has 0 unspecified atom stereocenters. The van der Waals surface area contributed by atoms with Crippen molar-refractivity contribution in [3.8, 4) is 0 Å². The van der Waals surface area contributed by atoms with Crippen LogP contribution < -0.4 is 5.32 Å². The van der Waals surface area contributed by atoms with Crippen molar-refractivity contribution in [2.24, 2.45) is 0 Å². The summed E-state index contributed by atoms with van der Waals surface area (Å²) in [6.07, 6.45) is 3.24. The standard InChI is InChI=1S/C15H12ClNO/c16-13-8-4-5-9-14(13)17-15(18)11-10-12-6-2-1-3-7-12/h1-11H,(H,17,18)/b11-10-. The lowest BCUT2D eigenvalue weighted by molar-refractivity contribution is -0.111. The van der Waals surface area contributed by atoms with Crippen LogP contribution in [0.15, 0.2) is 60.7 Å². The average Bonchev–Trinajstić information content (AvgIpc) is 2.40. The molecular formula is C15H12ClNO. The van der Waals surface area contributed by atoms with Crippen LogP contribution in [-0.4, -0.2) is 5.91 Å². The SMILES string of the molecule is O=C(/C=C\c1ccccc1)Nc1ccccc1Cl. The summed E-state index contributed by atoms with van der Waals surface area (Å²) in [5.41, 5.74) is 1.59. The maximum atomic E-state index is 11.7. The molecule has 0 aliphatic heterocycles. The first-order valence-corrected chi connectivity index (χ1v) is 5.92. The van der Waals surface area contributed by atoms with Gasteiger partial charge >= 0.3 is 0 Å². The number of amides is 1. The molecule has 18 heavy (non-hydrogen) atoms. The fraction of sp³-hybridized carbons (Fsp3) is 0. The van der Waals surface area contributed by atoms with Gasteiger partial charge in [-0.25, -0.2) is 0 Å². The zero-order valence-corrected chi connectivity index (χ0v) is 10.4. The van der Waals surface area contributed by atoms with Crippen molar-refractivity contribution in [2.45, 2.75) is 0 Å². The molecule has 2 nitrogen and oxygen atoms in total. The molecule has 2 rings (SSSR count). The molecule has 0 fully saturated rings. The van der Waals surface area contributed by atoms with E-state index in [1.165, 1.54) is 6.08 Å². The second-order valence-corrected chi connectivity index (χ2v) is 4.12. The molecule has 3 heteroatoms. The van der Waals surface area contributed by atoms with Gasteiger partial charge in [0, 0.05) is 6.08 Å². The third-order valence-corrected chi connectivity index (χ3v) is 2.69. The predicted molar refractivity (Wildman–Crippen MR) is 75.6 cm³/mol. The van der Waals surface area contributed by atoms with E-state index in [1.807, 2.05) is 42.5 Å². The highest BCUT2D eigenvalue weighted by atomic mass is 35.5. The van der Waals surface area contributed by atoms with Gasteiger partial charge in [0.15, 0.2) is 0 Å². The van der Waals surface area contributed by atoms with E-state index < -0.39 is 0 Å². The molecule has 0 spiro atoms. The Morgan fingerprint density at radius 2 is 1.67 bits per heavy atom. The summed E-state index contributed by atoms with van der Waals surface area (Å²) in [6, 6.07) is 16.8. The molecule has 0 radical (unpaired) electrons. The van der Waals surface area contributed by atoms with Crippen LogP contribution in [0, 0.1) is 0 Å². The number of benzene rings is 2. The molecule has 2 aromatic carbocycles. The largest absolute Gasteiger partial charge is 0.321 e. The van der Waals surface area contributed by atoms with Crippen molar-refractivity contribution < 1.29 is 4.79 Å². The highest BCUT2D eigenvalue weighted by Crippen LogP contribution is 2.20. The van der Waals surface area contributed by atoms with Crippen molar-refractivity contribution in [1.82, 2.24) is 0 Å². The molecular weight excluding hydrogens is 246 g/mol. The van der Waals surface area contributed by atoms with Crippen LogP contribution in [0.4, 0.5) is 5.69 Å². The van der Waals surface area contributed by atoms with Crippen LogP contribution in [0.2, 0.25) is 5.02 Å². The summed E-state index contributed by atoms with van der Waals surface area (Å²) in [5, 5.41) is 3.25. The van der Waals surface area contributed by atoms with E-state index in [4.69, 9.17) is 11.6 Å². The van der Waals surface area contributed by atoms with Crippen LogP contribution in [0.1, 0.15) is 5.56 Å². The molecule has 0 saturated carbocycles. The van der Waals surface area contributed by atoms with Gasteiger partial charge in [0.2, 0.25) is 5.91 Å². The number of halogens is 1. The van der Waals surface area contributed by atoms with E-state index in [0.29, 0.717) is 10.7 Å². The van der Waals surface area contributed by atoms with E-state index >= 15 is 0 Å². The van der Waals surface area contributed by atoms with Gasteiger partial charge in [-0.15, -0.1) is 0 Å². The van der Waals surface area contributed by atoms with E-state index in [9.17, 15) is 4.79 Å². The second kappa shape index (κ2) is 6.03. The normalized spacial score (nSPS) is 10.5. The molecule has 0 atom stereocenters. The summed E-state index contributed by atoms with van der Waals surface area (Å²) in [7, 11) is 0. The van der Waals surface area contributed by atoms with E-state index in [2.05, 4.69) is 5.32 Å². The Bertz CT molecular complexity index is 564. The molecule has 2 aromatic rings. The van der Waals surface area contributed by atoms with Gasteiger partial charge in [-0.1, -0.05) is 54.1 Å². The first kappa shape index (κ1) is 12.4. The van der Waals surface area contributed by atoms with Crippen molar-refractivity contribution in [3.05, 3.63) is 71.3 Å². The lowest BCUT2D eigenvalue weighted by Crippen LogP contribution is -2.07. The number of carbonyl (C=O) groups excluding carboxylic acids is 1. The van der Waals surface area contributed by atoms with Gasteiger partial charge in [-0.05, 0) is 23.8 Å². The third-order valence-electron chi connectivity index (χ3n) is 2.36. The monoisotopic (exact) mass is 257 g/mol. The topological polar surface area (TPSA) is 29.1 Å². The molecule has 0 saturated heterocycles. The fourth-order valence-electron chi connectivity index (χ4n) is 1.47. The summed E-state index contributed by atoms with van der Waals surface area (Å²) in [4.78, 5) is 11.7. The zero-order chi connectivity index (χ0) is 12.8. The predicted octanol–water partition coefficient (Wildman–Crippen LogP) is 3.99. The summed E-state index contributed by atoms with van der Waals surface area (Å²) < 4.78 is 0. The van der Waals surface area contributed by atoms with Crippen LogP contribution in [0.25, 0.3) is 6.08 Å². The lowest BCUT2D eigenvalue weighted by atomic mass is 10.2. The molecule has 90 valence electrons. The van der Waals surface area contributed by atoms with Crippen molar-refractivity contribution in [1.29, 1.82) is 0 Å². The summed E-state index contributed by atoms with van der Waals surface area (Å²) in [6.45, 7) is 0. The number of hydrogen-bond acceptors (Lipinski definition) is 1. The Balaban J connectivity index is 2.02. The summed E-state index contributed by atoms with van der Waals surface area (Å²) >= 11 is 5.95. The Morgan fingerprint density at radius 1 is 1.00 bits per heavy atom. The Kier molecular flexibility index (Phi) is 4.15. The van der Waals surface area contributed by atoms with Gasteiger partial charge in [-0.3, -0.25) is 4.79 Å². The minimum atomic E-state index is -0.202. The minimum Gasteiger partial charge on any atom is -0.321 e.